The van der Waals surface area contributed by atoms with Gasteiger partial charge in [0.15, 0.2) is 0 Å². The third-order valence-electron chi connectivity index (χ3n) is 4.54. The lowest BCUT2D eigenvalue weighted by Crippen LogP contribution is -2.51. The summed E-state index contributed by atoms with van der Waals surface area (Å²) in [6.07, 6.45) is 8.93. The van der Waals surface area contributed by atoms with Crippen LogP contribution in [0.3, 0.4) is 0 Å². The highest BCUT2D eigenvalue weighted by Gasteiger charge is 2.36. The summed E-state index contributed by atoms with van der Waals surface area (Å²) in [5.74, 6) is 0. The number of aromatic nitrogens is 1. The first-order valence-corrected chi connectivity index (χ1v) is 7.38. The van der Waals surface area contributed by atoms with Crippen molar-refractivity contribution < 1.29 is 0 Å². The zero-order valence-electron chi connectivity index (χ0n) is 12.5. The molecular formula is C16H24N4. The van der Waals surface area contributed by atoms with E-state index < -0.39 is 0 Å². The third kappa shape index (κ3) is 3.56. The van der Waals surface area contributed by atoms with E-state index in [0.29, 0.717) is 6.04 Å². The van der Waals surface area contributed by atoms with Crippen molar-refractivity contribution in [1.82, 2.24) is 15.2 Å². The largest absolute Gasteiger partial charge is 0.303 e. The average Bonchev–Trinajstić information content (AvgIpc) is 2.53. The molecule has 0 aromatic carbocycles. The monoisotopic (exact) mass is 272 g/mol. The van der Waals surface area contributed by atoms with Crippen LogP contribution in [-0.2, 0) is 6.42 Å². The predicted octanol–water partition coefficient (Wildman–Crippen LogP) is 1.98. The van der Waals surface area contributed by atoms with Gasteiger partial charge >= 0.3 is 0 Å². The fraction of sp³-hybridized carbons (Fsp3) is 0.625. The van der Waals surface area contributed by atoms with Gasteiger partial charge in [-0.3, -0.25) is 4.98 Å². The second-order valence-electron chi connectivity index (χ2n) is 5.78. The van der Waals surface area contributed by atoms with Crippen LogP contribution >= 0.6 is 0 Å². The lowest BCUT2D eigenvalue weighted by molar-refractivity contribution is 0.149. The smallest absolute Gasteiger partial charge is 0.108 e. The average molecular weight is 272 g/mol. The van der Waals surface area contributed by atoms with Gasteiger partial charge in [0.2, 0.25) is 0 Å². The van der Waals surface area contributed by atoms with Crippen molar-refractivity contribution in [3.8, 4) is 6.07 Å². The fourth-order valence-electron chi connectivity index (χ4n) is 3.04. The Morgan fingerprint density at radius 2 is 2.25 bits per heavy atom. The van der Waals surface area contributed by atoms with Crippen molar-refractivity contribution >= 4 is 0 Å². The number of nitrogens with zero attached hydrogens (tertiary/aromatic N) is 3. The molecule has 0 saturated heterocycles. The number of rotatable bonds is 5. The van der Waals surface area contributed by atoms with E-state index in [2.05, 4.69) is 40.5 Å². The SMILES string of the molecule is CNC1(C#N)CCCC(N(C)CCc2ccncc2)C1. The molecule has 0 aliphatic heterocycles. The number of likely N-dealkylation sites (N-methyl/N-ethyl adjacent to an activating group) is 1. The molecule has 2 atom stereocenters. The Labute approximate surface area is 121 Å². The van der Waals surface area contributed by atoms with E-state index in [1.165, 1.54) is 12.0 Å². The first-order chi connectivity index (χ1) is 9.69. The molecule has 2 unspecified atom stereocenters. The van der Waals surface area contributed by atoms with E-state index in [9.17, 15) is 5.26 Å². The predicted molar refractivity (Wildman–Crippen MR) is 80.2 cm³/mol. The molecule has 4 nitrogen and oxygen atoms in total. The minimum Gasteiger partial charge on any atom is -0.303 e. The van der Waals surface area contributed by atoms with Crippen LogP contribution in [-0.4, -0.2) is 42.1 Å². The van der Waals surface area contributed by atoms with Crippen LogP contribution in [0.25, 0.3) is 0 Å². The van der Waals surface area contributed by atoms with E-state index >= 15 is 0 Å². The van der Waals surface area contributed by atoms with Gasteiger partial charge in [0.25, 0.3) is 0 Å². The van der Waals surface area contributed by atoms with Crippen molar-refractivity contribution in [1.29, 1.82) is 5.26 Å². The fourth-order valence-corrected chi connectivity index (χ4v) is 3.04. The van der Waals surface area contributed by atoms with Crippen LogP contribution in [0.15, 0.2) is 24.5 Å². The zero-order chi connectivity index (χ0) is 14.4. The van der Waals surface area contributed by atoms with Gasteiger partial charge < -0.3 is 10.2 Å². The quantitative estimate of drug-likeness (QED) is 0.890. The lowest BCUT2D eigenvalue weighted by Gasteiger charge is -2.39. The number of nitriles is 1. The normalized spacial score (nSPS) is 26.4. The van der Waals surface area contributed by atoms with Gasteiger partial charge in [-0.15, -0.1) is 0 Å². The molecule has 1 N–H and O–H groups in total. The van der Waals surface area contributed by atoms with E-state index in [-0.39, 0.29) is 5.54 Å². The van der Waals surface area contributed by atoms with Crippen molar-refractivity contribution in [2.24, 2.45) is 0 Å². The number of hydrogen-bond donors (Lipinski definition) is 1. The highest BCUT2D eigenvalue weighted by molar-refractivity contribution is 5.12. The Bertz CT molecular complexity index is 453. The van der Waals surface area contributed by atoms with E-state index in [4.69, 9.17) is 0 Å². The number of pyridine rings is 1. The summed E-state index contributed by atoms with van der Waals surface area (Å²) in [4.78, 5) is 6.45. The maximum atomic E-state index is 9.41. The van der Waals surface area contributed by atoms with Crippen LogP contribution in [0.1, 0.15) is 31.2 Å². The molecule has 1 fully saturated rings. The van der Waals surface area contributed by atoms with Crippen molar-refractivity contribution in [3.05, 3.63) is 30.1 Å². The summed E-state index contributed by atoms with van der Waals surface area (Å²) in [6, 6.07) is 7.12. The summed E-state index contributed by atoms with van der Waals surface area (Å²) >= 11 is 0. The molecule has 0 radical (unpaired) electrons. The molecule has 1 aliphatic carbocycles. The lowest BCUT2D eigenvalue weighted by atomic mass is 9.79. The molecule has 20 heavy (non-hydrogen) atoms. The molecule has 1 saturated carbocycles. The molecule has 1 heterocycles. The Kier molecular flexibility index (Phi) is 5.11. The van der Waals surface area contributed by atoms with Gasteiger partial charge in [-0.25, -0.2) is 0 Å². The Morgan fingerprint density at radius 3 is 2.90 bits per heavy atom. The van der Waals surface area contributed by atoms with Gasteiger partial charge in [-0.05, 0) is 63.9 Å². The molecule has 1 aliphatic rings. The highest BCUT2D eigenvalue weighted by atomic mass is 15.1. The van der Waals surface area contributed by atoms with Gasteiger partial charge in [0.05, 0.1) is 6.07 Å². The van der Waals surface area contributed by atoms with E-state index in [1.807, 2.05) is 19.4 Å². The summed E-state index contributed by atoms with van der Waals surface area (Å²) in [7, 11) is 4.08. The van der Waals surface area contributed by atoms with Crippen LogP contribution < -0.4 is 5.32 Å². The first kappa shape index (κ1) is 15.0. The topological polar surface area (TPSA) is 52.0 Å². The molecule has 4 heteroatoms. The van der Waals surface area contributed by atoms with Gasteiger partial charge in [-0.2, -0.15) is 5.26 Å². The van der Waals surface area contributed by atoms with Crippen molar-refractivity contribution in [3.63, 3.8) is 0 Å². The molecule has 1 aromatic rings. The Balaban J connectivity index is 1.89. The second-order valence-corrected chi connectivity index (χ2v) is 5.78. The number of hydrogen-bond acceptors (Lipinski definition) is 4. The van der Waals surface area contributed by atoms with E-state index in [0.717, 1.165) is 32.2 Å². The molecular weight excluding hydrogens is 248 g/mol. The zero-order valence-corrected chi connectivity index (χ0v) is 12.5. The molecule has 1 aromatic heterocycles. The minimum absolute atomic E-state index is 0.326. The minimum atomic E-state index is -0.326. The van der Waals surface area contributed by atoms with E-state index in [1.54, 1.807) is 0 Å². The summed E-state index contributed by atoms with van der Waals surface area (Å²) in [5.41, 5.74) is 0.997. The van der Waals surface area contributed by atoms with Gasteiger partial charge in [0, 0.05) is 25.0 Å². The first-order valence-electron chi connectivity index (χ1n) is 7.38. The standard InChI is InChI=1S/C16H24N4/c1-18-16(13-17)8-3-4-15(12-16)20(2)11-7-14-5-9-19-10-6-14/h5-6,9-10,15,18H,3-4,7-8,11-12H2,1-2H3. The Morgan fingerprint density at radius 1 is 1.50 bits per heavy atom. The Hall–Kier alpha value is -1.44. The molecule has 0 amide bonds. The van der Waals surface area contributed by atoms with Crippen LogP contribution in [0, 0.1) is 11.3 Å². The number of nitrogens with one attached hydrogen (secondary N) is 1. The summed E-state index contributed by atoms with van der Waals surface area (Å²) in [6.45, 7) is 1.03. The highest BCUT2D eigenvalue weighted by Crippen LogP contribution is 2.30. The van der Waals surface area contributed by atoms with Gasteiger partial charge in [0.1, 0.15) is 5.54 Å². The second kappa shape index (κ2) is 6.83. The third-order valence-corrected chi connectivity index (χ3v) is 4.54. The van der Waals surface area contributed by atoms with Crippen molar-refractivity contribution in [2.45, 2.75) is 43.7 Å². The summed E-state index contributed by atoms with van der Waals surface area (Å²) in [5, 5.41) is 12.6. The summed E-state index contributed by atoms with van der Waals surface area (Å²) < 4.78 is 0. The molecule has 0 spiro atoms. The van der Waals surface area contributed by atoms with Crippen LogP contribution in [0.2, 0.25) is 0 Å². The molecule has 2 rings (SSSR count). The molecule has 108 valence electrons. The maximum Gasteiger partial charge on any atom is 0.108 e. The maximum absolute atomic E-state index is 9.41. The van der Waals surface area contributed by atoms with Crippen LogP contribution in [0.4, 0.5) is 0 Å². The van der Waals surface area contributed by atoms with Crippen LogP contribution in [0.5, 0.6) is 0 Å². The molecule has 0 bridgehead atoms. The van der Waals surface area contributed by atoms with Gasteiger partial charge in [-0.1, -0.05) is 0 Å². The van der Waals surface area contributed by atoms with Crippen molar-refractivity contribution in [2.75, 3.05) is 20.6 Å².